The lowest BCUT2D eigenvalue weighted by molar-refractivity contribution is -0.149. The number of thioether (sulfide) groups is 1. The molecule has 2 aromatic rings. The van der Waals surface area contributed by atoms with E-state index in [-0.39, 0.29) is 46.5 Å². The molecular formula is C23H36ClFN7O7PS2. The molecular weight excluding hydrogens is 636 g/mol. The number of hydrogen-bond acceptors (Lipinski definition) is 14. The molecule has 1 fully saturated rings. The predicted octanol–water partition coefficient (Wildman–Crippen LogP) is 2.65. The monoisotopic (exact) mass is 671 g/mol. The van der Waals surface area contributed by atoms with E-state index < -0.39 is 54.2 Å². The van der Waals surface area contributed by atoms with Gasteiger partial charge in [-0.3, -0.25) is 14.2 Å². The minimum Gasteiger partial charge on any atom is -0.462 e. The van der Waals surface area contributed by atoms with Crippen LogP contribution in [0.5, 0.6) is 0 Å². The summed E-state index contributed by atoms with van der Waals surface area (Å²) in [4.78, 5) is 36.6. The van der Waals surface area contributed by atoms with Crippen molar-refractivity contribution >= 4 is 75.8 Å². The Bertz CT molecular complexity index is 1350. The number of rotatable bonds is 12. The summed E-state index contributed by atoms with van der Waals surface area (Å²) in [5, 5.41) is 10.7. The van der Waals surface area contributed by atoms with Crippen LogP contribution in [0.1, 0.15) is 47.8 Å². The largest absolute Gasteiger partial charge is 0.462 e. The quantitative estimate of drug-likeness (QED) is 0.111. The van der Waals surface area contributed by atoms with E-state index in [0.717, 1.165) is 16.3 Å². The van der Waals surface area contributed by atoms with E-state index in [4.69, 9.17) is 53.4 Å². The molecule has 0 amide bonds. The van der Waals surface area contributed by atoms with Gasteiger partial charge in [0, 0.05) is 11.2 Å². The third-order valence-corrected chi connectivity index (χ3v) is 10.1. The van der Waals surface area contributed by atoms with Crippen molar-refractivity contribution in [3.8, 4) is 0 Å². The minimum absolute atomic E-state index is 0.00839. The van der Waals surface area contributed by atoms with Crippen LogP contribution >= 0.6 is 30.0 Å². The fourth-order valence-electron chi connectivity index (χ4n) is 3.65. The third-order valence-electron chi connectivity index (χ3n) is 5.75. The number of anilines is 2. The Labute approximate surface area is 256 Å². The van der Waals surface area contributed by atoms with Gasteiger partial charge in [0.05, 0.1) is 25.6 Å². The van der Waals surface area contributed by atoms with Crippen molar-refractivity contribution in [3.63, 3.8) is 0 Å². The molecule has 0 aromatic carbocycles. The number of ether oxygens (including phenoxy) is 2. The normalized spacial score (nSPS) is 25.0. The lowest BCUT2D eigenvalue weighted by Crippen LogP contribution is -2.39. The van der Waals surface area contributed by atoms with Gasteiger partial charge in [0.1, 0.15) is 23.8 Å². The molecule has 0 saturated carbocycles. The van der Waals surface area contributed by atoms with Crippen LogP contribution in [-0.4, -0.2) is 84.2 Å². The molecule has 0 bridgehead atoms. The van der Waals surface area contributed by atoms with Gasteiger partial charge in [0.25, 0.3) is 11.8 Å². The molecule has 6 atom stereocenters. The van der Waals surface area contributed by atoms with Gasteiger partial charge in [-0.1, -0.05) is 44.1 Å². The van der Waals surface area contributed by atoms with Crippen molar-refractivity contribution in [2.75, 3.05) is 30.4 Å². The van der Waals surface area contributed by atoms with Gasteiger partial charge < -0.3 is 35.1 Å². The van der Waals surface area contributed by atoms with Crippen molar-refractivity contribution in [1.82, 2.24) is 24.6 Å². The molecule has 3 heterocycles. The number of carbonyl (C=O) groups is 2. The second-order valence-electron chi connectivity index (χ2n) is 10.8. The maximum atomic E-state index is 15.7. The number of esters is 1. The number of carbonyl (C=O) groups excluding carboxylic acids is 2. The van der Waals surface area contributed by atoms with Crippen LogP contribution in [0.3, 0.4) is 0 Å². The first-order chi connectivity index (χ1) is 19.4. The van der Waals surface area contributed by atoms with E-state index in [0.29, 0.717) is 0 Å². The number of aliphatic hydroxyl groups is 1. The molecule has 0 aliphatic carbocycles. The molecule has 0 radical (unpaired) electrons. The van der Waals surface area contributed by atoms with Crippen LogP contribution < -0.4 is 16.6 Å². The first-order valence-corrected chi connectivity index (χ1v) is 16.9. The Morgan fingerprint density at radius 3 is 2.62 bits per heavy atom. The summed E-state index contributed by atoms with van der Waals surface area (Å²) in [7, 11) is 0. The predicted molar refractivity (Wildman–Crippen MR) is 161 cm³/mol. The number of halogens is 2. The molecule has 0 spiro atoms. The number of hydrogen-bond donors (Lipinski definition) is 4. The van der Waals surface area contributed by atoms with Crippen molar-refractivity contribution < 1.29 is 37.6 Å². The average Bonchev–Trinajstić information content (AvgIpc) is 3.37. The van der Waals surface area contributed by atoms with Crippen LogP contribution in [0.2, 0.25) is 0 Å². The lowest BCUT2D eigenvalue weighted by atomic mass is 10.00. The fourth-order valence-corrected chi connectivity index (χ4v) is 7.21. The molecule has 1 aliphatic heterocycles. The fraction of sp³-hybridized carbons (Fsp3) is 0.696. The Morgan fingerprint density at radius 1 is 1.33 bits per heavy atom. The molecule has 1 saturated heterocycles. The standard InChI is InChI=1S/C23H36ClFN7O7PS2/c1-11(2)38-18(34)12(3)31-40(41,36-7-8-42-20(35)22(4,5)6)37-9-13-15(33)23(24,25)19(39-13)32-10-28-14-16(26)29-21(27)30-17(14)32/h10-13,15,19,33H,7-9H2,1-6H3,(H,31,41)(H4,26,27,29,30)/t12-,13+,15+,19+,23-,40+/m0/s1. The van der Waals surface area contributed by atoms with E-state index >= 15 is 4.39 Å². The second-order valence-corrected chi connectivity index (χ2v) is 15.6. The molecule has 42 heavy (non-hydrogen) atoms. The molecule has 2 aromatic heterocycles. The van der Waals surface area contributed by atoms with Crippen molar-refractivity contribution in [1.29, 1.82) is 0 Å². The number of nitrogens with one attached hydrogen (secondary N) is 1. The topological polar surface area (TPSA) is 199 Å². The van der Waals surface area contributed by atoms with E-state index in [1.54, 1.807) is 34.6 Å². The smallest absolute Gasteiger partial charge is 0.323 e. The first-order valence-electron chi connectivity index (χ1n) is 12.9. The molecule has 19 heteroatoms. The van der Waals surface area contributed by atoms with E-state index in [1.807, 2.05) is 0 Å². The Kier molecular flexibility index (Phi) is 11.2. The zero-order valence-corrected chi connectivity index (χ0v) is 27.2. The number of alkyl halides is 2. The number of aromatic nitrogens is 4. The van der Waals surface area contributed by atoms with Gasteiger partial charge in [-0.05, 0) is 32.6 Å². The van der Waals surface area contributed by atoms with Crippen LogP contribution in [0.4, 0.5) is 16.2 Å². The zero-order chi connectivity index (χ0) is 31.6. The van der Waals surface area contributed by atoms with Crippen molar-refractivity contribution in [2.24, 2.45) is 5.41 Å². The van der Waals surface area contributed by atoms with E-state index in [2.05, 4.69) is 20.0 Å². The SMILES string of the molecule is CC(C)OC(=O)[C@H](C)N[P@@](=S)(OCCSC(=O)C(C)(C)C)OC[C@H]1O[C@@H](n2cnc3c(N)nc(N)nc32)[C@](F)(Cl)[C@@H]1O. The van der Waals surface area contributed by atoms with Crippen LogP contribution in [0.25, 0.3) is 11.2 Å². The van der Waals surface area contributed by atoms with Gasteiger partial charge in [0.2, 0.25) is 5.95 Å². The Morgan fingerprint density at radius 2 is 2.00 bits per heavy atom. The second kappa shape index (κ2) is 13.5. The molecule has 1 aliphatic rings. The summed E-state index contributed by atoms with van der Waals surface area (Å²) >= 11 is 12.8. The lowest BCUT2D eigenvalue weighted by Gasteiger charge is -2.28. The molecule has 6 N–H and O–H groups in total. The van der Waals surface area contributed by atoms with Crippen LogP contribution in [0, 0.1) is 5.41 Å². The highest BCUT2D eigenvalue weighted by atomic mass is 35.5. The maximum Gasteiger partial charge on any atom is 0.323 e. The first kappa shape index (κ1) is 34.8. The number of imidazole rings is 1. The number of fused-ring (bicyclic) bond motifs is 1. The summed E-state index contributed by atoms with van der Waals surface area (Å²) in [6, 6.07) is -0.939. The number of nitrogens with zero attached hydrogens (tertiary/aromatic N) is 4. The van der Waals surface area contributed by atoms with E-state index in [9.17, 15) is 14.7 Å². The summed E-state index contributed by atoms with van der Waals surface area (Å²) in [5.41, 5.74) is 11.1. The summed E-state index contributed by atoms with van der Waals surface area (Å²) in [6.07, 6.45) is -4.05. The van der Waals surface area contributed by atoms with Gasteiger partial charge >= 0.3 is 5.97 Å². The van der Waals surface area contributed by atoms with Crippen molar-refractivity contribution in [2.45, 2.75) is 77.3 Å². The molecule has 0 unspecified atom stereocenters. The highest BCUT2D eigenvalue weighted by molar-refractivity contribution is 8.13. The summed E-state index contributed by atoms with van der Waals surface area (Å²) < 4.78 is 39.5. The summed E-state index contributed by atoms with van der Waals surface area (Å²) in [5.74, 6) is -0.566. The van der Waals surface area contributed by atoms with Gasteiger partial charge in [0.15, 0.2) is 22.8 Å². The zero-order valence-electron chi connectivity index (χ0n) is 23.9. The van der Waals surface area contributed by atoms with Crippen LogP contribution in [-0.2, 0) is 39.9 Å². The Hall–Kier alpha value is -1.69. The Balaban J connectivity index is 1.76. The molecule has 236 valence electrons. The van der Waals surface area contributed by atoms with Crippen molar-refractivity contribution in [3.05, 3.63) is 6.33 Å². The highest BCUT2D eigenvalue weighted by Gasteiger charge is 2.58. The van der Waals surface area contributed by atoms with Gasteiger partial charge in [-0.25, -0.2) is 14.5 Å². The number of nitrogens with two attached hydrogens (primary N) is 2. The molecule has 14 nitrogen and oxygen atoms in total. The maximum absolute atomic E-state index is 15.7. The number of nitrogen functional groups attached to an aromatic ring is 2. The third kappa shape index (κ3) is 8.27. The van der Waals surface area contributed by atoms with Gasteiger partial charge in [-0.2, -0.15) is 9.97 Å². The minimum atomic E-state index is -3.50. The highest BCUT2D eigenvalue weighted by Crippen LogP contribution is 2.49. The summed E-state index contributed by atoms with van der Waals surface area (Å²) in [6.45, 7) is 6.31. The van der Waals surface area contributed by atoms with E-state index in [1.165, 1.54) is 13.3 Å². The average molecular weight is 672 g/mol. The number of aliphatic hydroxyl groups excluding tert-OH is 1. The molecule has 3 rings (SSSR count). The van der Waals surface area contributed by atoms with Gasteiger partial charge in [-0.15, -0.1) is 0 Å². The van der Waals surface area contributed by atoms with Crippen LogP contribution in [0.15, 0.2) is 6.33 Å².